The first-order valence-corrected chi connectivity index (χ1v) is 5.65. The lowest BCUT2D eigenvalue weighted by molar-refractivity contribution is -0.0424. The Balaban J connectivity index is 1.96. The van der Waals surface area contributed by atoms with E-state index in [4.69, 9.17) is 5.73 Å². The largest absolute Gasteiger partial charge is 0.378 e. The summed E-state index contributed by atoms with van der Waals surface area (Å²) in [5, 5.41) is 9.85. The molecule has 1 aliphatic carbocycles. The third-order valence-electron chi connectivity index (χ3n) is 3.31. The summed E-state index contributed by atoms with van der Waals surface area (Å²) in [6.45, 7) is 1.03. The van der Waals surface area contributed by atoms with Crippen molar-refractivity contribution in [2.75, 3.05) is 6.54 Å². The van der Waals surface area contributed by atoms with Gasteiger partial charge in [-0.3, -0.25) is 4.90 Å². The quantitative estimate of drug-likeness (QED) is 0.611. The van der Waals surface area contributed by atoms with Crippen molar-refractivity contribution >= 4 is 0 Å². The molecule has 0 amide bonds. The number of piperidine rings is 1. The van der Waals surface area contributed by atoms with Gasteiger partial charge in [-0.05, 0) is 32.1 Å². The number of likely N-dealkylation sites (tertiary alicyclic amines) is 1. The Bertz CT molecular complexity index is 217. The van der Waals surface area contributed by atoms with Crippen molar-refractivity contribution in [3.05, 3.63) is 12.2 Å². The normalized spacial score (nSPS) is 40.0. The SMILES string of the molecule is NC1C=CC(N2CCCCC2O)CC1. The van der Waals surface area contributed by atoms with Crippen molar-refractivity contribution in [2.24, 2.45) is 5.73 Å². The molecule has 1 fully saturated rings. The molecule has 0 aromatic rings. The molecule has 80 valence electrons. The van der Waals surface area contributed by atoms with Gasteiger partial charge in [-0.1, -0.05) is 12.2 Å². The fourth-order valence-electron chi connectivity index (χ4n) is 2.43. The lowest BCUT2D eigenvalue weighted by Gasteiger charge is -2.38. The Hall–Kier alpha value is -0.380. The molecule has 2 aliphatic rings. The zero-order valence-electron chi connectivity index (χ0n) is 8.60. The minimum Gasteiger partial charge on any atom is -0.378 e. The third-order valence-corrected chi connectivity index (χ3v) is 3.31. The Kier molecular flexibility index (Phi) is 3.21. The van der Waals surface area contributed by atoms with Crippen molar-refractivity contribution < 1.29 is 5.11 Å². The van der Waals surface area contributed by atoms with Gasteiger partial charge >= 0.3 is 0 Å². The van der Waals surface area contributed by atoms with Crippen molar-refractivity contribution in [1.82, 2.24) is 4.90 Å². The van der Waals surface area contributed by atoms with Gasteiger partial charge in [0.25, 0.3) is 0 Å². The Morgan fingerprint density at radius 3 is 2.64 bits per heavy atom. The fourth-order valence-corrected chi connectivity index (χ4v) is 2.43. The molecule has 0 spiro atoms. The molecule has 0 aromatic carbocycles. The highest BCUT2D eigenvalue weighted by Crippen LogP contribution is 2.23. The highest BCUT2D eigenvalue weighted by Gasteiger charge is 2.27. The lowest BCUT2D eigenvalue weighted by Crippen LogP contribution is -2.47. The van der Waals surface area contributed by atoms with Gasteiger partial charge in [0.05, 0.1) is 0 Å². The van der Waals surface area contributed by atoms with Crippen LogP contribution in [0.5, 0.6) is 0 Å². The smallest absolute Gasteiger partial charge is 0.107 e. The Labute approximate surface area is 85.6 Å². The first-order chi connectivity index (χ1) is 6.77. The van der Waals surface area contributed by atoms with Crippen molar-refractivity contribution in [2.45, 2.75) is 50.4 Å². The second kappa shape index (κ2) is 4.43. The van der Waals surface area contributed by atoms with Gasteiger partial charge in [0.1, 0.15) is 6.23 Å². The molecule has 2 rings (SSSR count). The molecule has 0 saturated carbocycles. The van der Waals surface area contributed by atoms with Crippen LogP contribution in [-0.2, 0) is 0 Å². The number of aliphatic hydroxyl groups is 1. The molecular weight excluding hydrogens is 176 g/mol. The topological polar surface area (TPSA) is 49.5 Å². The van der Waals surface area contributed by atoms with Crippen LogP contribution in [0.3, 0.4) is 0 Å². The zero-order chi connectivity index (χ0) is 9.97. The average Bonchev–Trinajstić information content (AvgIpc) is 2.20. The van der Waals surface area contributed by atoms with E-state index in [0.29, 0.717) is 6.04 Å². The van der Waals surface area contributed by atoms with E-state index >= 15 is 0 Å². The van der Waals surface area contributed by atoms with Gasteiger partial charge < -0.3 is 10.8 Å². The second-order valence-corrected chi connectivity index (χ2v) is 4.41. The minimum atomic E-state index is -0.229. The number of nitrogens with zero attached hydrogens (tertiary/aromatic N) is 1. The molecule has 0 aromatic heterocycles. The van der Waals surface area contributed by atoms with Gasteiger partial charge in [-0.25, -0.2) is 0 Å². The summed E-state index contributed by atoms with van der Waals surface area (Å²) in [7, 11) is 0. The van der Waals surface area contributed by atoms with Crippen LogP contribution < -0.4 is 5.73 Å². The van der Waals surface area contributed by atoms with E-state index in [1.165, 1.54) is 6.42 Å². The summed E-state index contributed by atoms with van der Waals surface area (Å²) >= 11 is 0. The van der Waals surface area contributed by atoms with E-state index in [1.54, 1.807) is 0 Å². The fraction of sp³-hybridized carbons (Fsp3) is 0.818. The molecule has 3 unspecified atom stereocenters. The van der Waals surface area contributed by atoms with E-state index in [9.17, 15) is 5.11 Å². The van der Waals surface area contributed by atoms with Gasteiger partial charge in [0, 0.05) is 18.6 Å². The number of nitrogens with two attached hydrogens (primary N) is 1. The molecular formula is C11H20N2O. The average molecular weight is 196 g/mol. The maximum atomic E-state index is 9.85. The molecule has 0 radical (unpaired) electrons. The van der Waals surface area contributed by atoms with Crippen LogP contribution in [0.1, 0.15) is 32.1 Å². The van der Waals surface area contributed by atoms with E-state index < -0.39 is 0 Å². The molecule has 3 nitrogen and oxygen atoms in total. The van der Waals surface area contributed by atoms with E-state index in [2.05, 4.69) is 17.1 Å². The number of hydrogen-bond acceptors (Lipinski definition) is 3. The second-order valence-electron chi connectivity index (χ2n) is 4.41. The molecule has 1 saturated heterocycles. The standard InChI is InChI=1S/C11H20N2O/c12-9-4-6-10(7-5-9)13-8-2-1-3-11(13)14/h4,6,9-11,14H,1-3,5,7-8,12H2. The molecule has 14 heavy (non-hydrogen) atoms. The van der Waals surface area contributed by atoms with Crippen LogP contribution in [0.4, 0.5) is 0 Å². The number of rotatable bonds is 1. The van der Waals surface area contributed by atoms with Crippen LogP contribution in [-0.4, -0.2) is 34.9 Å². The first-order valence-electron chi connectivity index (χ1n) is 5.65. The summed E-state index contributed by atoms with van der Waals surface area (Å²) in [6.07, 6.45) is 9.46. The predicted octanol–water partition coefficient (Wildman–Crippen LogP) is 0.837. The first kappa shape index (κ1) is 10.1. The Morgan fingerprint density at radius 2 is 2.00 bits per heavy atom. The molecule has 3 atom stereocenters. The highest BCUT2D eigenvalue weighted by atomic mass is 16.3. The highest BCUT2D eigenvalue weighted by molar-refractivity contribution is 5.05. The van der Waals surface area contributed by atoms with Crippen molar-refractivity contribution in [3.8, 4) is 0 Å². The number of aliphatic hydroxyl groups excluding tert-OH is 1. The summed E-state index contributed by atoms with van der Waals surface area (Å²) in [5.74, 6) is 0. The monoisotopic (exact) mass is 196 g/mol. The maximum Gasteiger partial charge on any atom is 0.107 e. The van der Waals surface area contributed by atoms with Gasteiger partial charge in [0.15, 0.2) is 0 Å². The van der Waals surface area contributed by atoms with Gasteiger partial charge in [0.2, 0.25) is 0 Å². The van der Waals surface area contributed by atoms with Crippen LogP contribution in [0.25, 0.3) is 0 Å². The predicted molar refractivity (Wildman–Crippen MR) is 56.7 cm³/mol. The van der Waals surface area contributed by atoms with Crippen LogP contribution in [0, 0.1) is 0 Å². The molecule has 0 bridgehead atoms. The van der Waals surface area contributed by atoms with Crippen LogP contribution in [0.2, 0.25) is 0 Å². The molecule has 3 heteroatoms. The Morgan fingerprint density at radius 1 is 1.14 bits per heavy atom. The summed E-state index contributed by atoms with van der Waals surface area (Å²) < 4.78 is 0. The van der Waals surface area contributed by atoms with Crippen LogP contribution in [0.15, 0.2) is 12.2 Å². The van der Waals surface area contributed by atoms with Crippen molar-refractivity contribution in [3.63, 3.8) is 0 Å². The number of hydrogen-bond donors (Lipinski definition) is 2. The van der Waals surface area contributed by atoms with Gasteiger partial charge in [-0.2, -0.15) is 0 Å². The van der Waals surface area contributed by atoms with E-state index in [-0.39, 0.29) is 12.3 Å². The third kappa shape index (κ3) is 2.16. The molecule has 3 N–H and O–H groups in total. The minimum absolute atomic E-state index is 0.229. The van der Waals surface area contributed by atoms with Crippen LogP contribution >= 0.6 is 0 Å². The zero-order valence-corrected chi connectivity index (χ0v) is 8.60. The van der Waals surface area contributed by atoms with E-state index in [0.717, 1.165) is 32.2 Å². The molecule has 1 aliphatic heterocycles. The summed E-state index contributed by atoms with van der Waals surface area (Å²) in [6, 6.07) is 0.651. The van der Waals surface area contributed by atoms with E-state index in [1.807, 2.05) is 0 Å². The lowest BCUT2D eigenvalue weighted by atomic mass is 9.96. The summed E-state index contributed by atoms with van der Waals surface area (Å²) in [4.78, 5) is 2.21. The maximum absolute atomic E-state index is 9.85. The summed E-state index contributed by atoms with van der Waals surface area (Å²) in [5.41, 5.74) is 5.79. The van der Waals surface area contributed by atoms with Crippen molar-refractivity contribution in [1.29, 1.82) is 0 Å². The molecule has 1 heterocycles. The van der Waals surface area contributed by atoms with Gasteiger partial charge in [-0.15, -0.1) is 0 Å².